The van der Waals surface area contributed by atoms with Crippen LogP contribution < -0.4 is 10.2 Å². The highest BCUT2D eigenvalue weighted by Gasteiger charge is 2.17. The molecule has 3 rings (SSSR count). The summed E-state index contributed by atoms with van der Waals surface area (Å²) in [7, 11) is 1.55. The zero-order chi connectivity index (χ0) is 18.0. The standard InChI is InChI=1S/C15H10ClN3O5S/c1-23-8-2-4-10-11(6-8)25-14(13(10)16)15(20)18-17-7-9-3-5-12(24-9)19(21)22/h2-7H,1H3,(H,18,20). The summed E-state index contributed by atoms with van der Waals surface area (Å²) in [6, 6.07) is 7.87. The molecule has 8 nitrogen and oxygen atoms in total. The molecule has 0 saturated heterocycles. The molecule has 2 aromatic heterocycles. The minimum absolute atomic E-state index is 0.138. The van der Waals surface area contributed by atoms with E-state index in [0.717, 1.165) is 16.3 Å². The number of rotatable bonds is 5. The Morgan fingerprint density at radius 2 is 2.24 bits per heavy atom. The molecule has 1 aromatic carbocycles. The number of nitrogens with one attached hydrogen (secondary N) is 1. The van der Waals surface area contributed by atoms with Crippen molar-refractivity contribution in [1.29, 1.82) is 0 Å². The fraction of sp³-hybridized carbons (Fsp3) is 0.0667. The number of amides is 1. The highest BCUT2D eigenvalue weighted by atomic mass is 35.5. The van der Waals surface area contributed by atoms with Crippen molar-refractivity contribution < 1.29 is 18.9 Å². The minimum Gasteiger partial charge on any atom is -0.497 e. The van der Waals surface area contributed by atoms with Crippen LogP contribution in [0, 0.1) is 10.1 Å². The first kappa shape index (κ1) is 16.9. The average molecular weight is 380 g/mol. The van der Waals surface area contributed by atoms with Crippen LogP contribution in [0.3, 0.4) is 0 Å². The van der Waals surface area contributed by atoms with E-state index in [4.69, 9.17) is 20.8 Å². The number of nitrogens with zero attached hydrogens (tertiary/aromatic N) is 2. The van der Waals surface area contributed by atoms with Crippen molar-refractivity contribution in [3.8, 4) is 5.75 Å². The third kappa shape index (κ3) is 3.47. The van der Waals surface area contributed by atoms with Gasteiger partial charge in [0.15, 0.2) is 5.76 Å². The van der Waals surface area contributed by atoms with Crippen LogP contribution in [-0.2, 0) is 0 Å². The van der Waals surface area contributed by atoms with E-state index in [-0.39, 0.29) is 5.76 Å². The molecule has 128 valence electrons. The number of hydrazone groups is 1. The van der Waals surface area contributed by atoms with E-state index in [2.05, 4.69) is 10.5 Å². The van der Waals surface area contributed by atoms with Crippen LogP contribution >= 0.6 is 22.9 Å². The second kappa shape index (κ2) is 6.91. The lowest BCUT2D eigenvalue weighted by Crippen LogP contribution is -2.16. The Balaban J connectivity index is 1.76. The quantitative estimate of drug-likeness (QED) is 0.412. The van der Waals surface area contributed by atoms with Gasteiger partial charge < -0.3 is 9.15 Å². The molecule has 0 unspecified atom stereocenters. The van der Waals surface area contributed by atoms with Crippen LogP contribution in [0.15, 0.2) is 39.9 Å². The van der Waals surface area contributed by atoms with Crippen LogP contribution in [0.1, 0.15) is 15.4 Å². The smallest absolute Gasteiger partial charge is 0.433 e. The molecule has 0 atom stereocenters. The van der Waals surface area contributed by atoms with E-state index < -0.39 is 16.7 Å². The summed E-state index contributed by atoms with van der Waals surface area (Å²) in [6.07, 6.45) is 1.16. The first-order valence-corrected chi connectivity index (χ1v) is 8.02. The molecule has 0 aliphatic carbocycles. The number of carbonyl (C=O) groups is 1. The number of furan rings is 1. The lowest BCUT2D eigenvalue weighted by molar-refractivity contribution is -0.402. The maximum Gasteiger partial charge on any atom is 0.433 e. The largest absolute Gasteiger partial charge is 0.497 e. The van der Waals surface area contributed by atoms with Gasteiger partial charge in [-0.1, -0.05) is 11.6 Å². The van der Waals surface area contributed by atoms with Crippen molar-refractivity contribution in [3.63, 3.8) is 0 Å². The lowest BCUT2D eigenvalue weighted by atomic mass is 10.2. The maximum atomic E-state index is 12.2. The van der Waals surface area contributed by atoms with Gasteiger partial charge in [-0.05, 0) is 24.3 Å². The molecule has 0 radical (unpaired) electrons. The highest BCUT2D eigenvalue weighted by molar-refractivity contribution is 7.21. The van der Waals surface area contributed by atoms with Crippen LogP contribution in [0.2, 0.25) is 5.02 Å². The molecule has 0 fully saturated rings. The predicted octanol–water partition coefficient (Wildman–Crippen LogP) is 3.83. The van der Waals surface area contributed by atoms with E-state index in [9.17, 15) is 14.9 Å². The van der Waals surface area contributed by atoms with E-state index in [1.54, 1.807) is 25.3 Å². The summed E-state index contributed by atoms with van der Waals surface area (Å²) in [5.74, 6) is -0.106. The number of carbonyl (C=O) groups excluding carboxylic acids is 1. The fourth-order valence-electron chi connectivity index (χ4n) is 2.03. The number of fused-ring (bicyclic) bond motifs is 1. The minimum atomic E-state index is -0.666. The highest BCUT2D eigenvalue weighted by Crippen LogP contribution is 2.37. The molecule has 0 spiro atoms. The van der Waals surface area contributed by atoms with E-state index in [1.807, 2.05) is 0 Å². The molecule has 0 bridgehead atoms. The van der Waals surface area contributed by atoms with Gasteiger partial charge in [-0.3, -0.25) is 14.9 Å². The topological polar surface area (TPSA) is 107 Å². The monoisotopic (exact) mass is 379 g/mol. The van der Waals surface area contributed by atoms with Crippen LogP contribution in [0.25, 0.3) is 10.1 Å². The van der Waals surface area contributed by atoms with Gasteiger partial charge in [-0.2, -0.15) is 5.10 Å². The van der Waals surface area contributed by atoms with Gasteiger partial charge in [0.25, 0.3) is 5.91 Å². The van der Waals surface area contributed by atoms with Gasteiger partial charge in [0.2, 0.25) is 0 Å². The fourth-order valence-corrected chi connectivity index (χ4v) is 3.47. The van der Waals surface area contributed by atoms with Gasteiger partial charge in [-0.25, -0.2) is 5.43 Å². The van der Waals surface area contributed by atoms with Crippen molar-refractivity contribution >= 4 is 51.0 Å². The lowest BCUT2D eigenvalue weighted by Gasteiger charge is -1.98. The zero-order valence-corrected chi connectivity index (χ0v) is 14.3. The van der Waals surface area contributed by atoms with Crippen LogP contribution in [-0.4, -0.2) is 24.2 Å². The molecular formula is C15H10ClN3O5S. The summed E-state index contributed by atoms with van der Waals surface area (Å²) in [5.41, 5.74) is 2.31. The number of halogens is 1. The molecule has 0 saturated carbocycles. The summed E-state index contributed by atoms with van der Waals surface area (Å²) >= 11 is 7.45. The van der Waals surface area contributed by atoms with Gasteiger partial charge in [0, 0.05) is 10.1 Å². The van der Waals surface area contributed by atoms with E-state index in [1.165, 1.54) is 23.5 Å². The summed E-state index contributed by atoms with van der Waals surface area (Å²) in [4.78, 5) is 22.4. The molecule has 0 aliphatic rings. The molecule has 0 aliphatic heterocycles. The normalized spacial score (nSPS) is 11.1. The second-order valence-corrected chi connectivity index (χ2v) is 6.17. The third-order valence-electron chi connectivity index (χ3n) is 3.19. The maximum absolute atomic E-state index is 12.2. The van der Waals surface area contributed by atoms with Crippen LogP contribution in [0.4, 0.5) is 5.88 Å². The Morgan fingerprint density at radius 3 is 2.92 bits per heavy atom. The van der Waals surface area contributed by atoms with Gasteiger partial charge >= 0.3 is 5.88 Å². The van der Waals surface area contributed by atoms with Crippen LogP contribution in [0.5, 0.6) is 5.75 Å². The Kier molecular flexibility index (Phi) is 4.68. The first-order valence-electron chi connectivity index (χ1n) is 6.83. The summed E-state index contributed by atoms with van der Waals surface area (Å²) in [5, 5.41) is 15.3. The average Bonchev–Trinajstić information content (AvgIpc) is 3.19. The van der Waals surface area contributed by atoms with Crippen molar-refractivity contribution in [2.24, 2.45) is 5.10 Å². The first-order chi connectivity index (χ1) is 12.0. The summed E-state index contributed by atoms with van der Waals surface area (Å²) in [6.45, 7) is 0. The predicted molar refractivity (Wildman–Crippen MR) is 93.8 cm³/mol. The van der Waals surface area contributed by atoms with E-state index >= 15 is 0 Å². The molecule has 25 heavy (non-hydrogen) atoms. The molecular weight excluding hydrogens is 370 g/mol. The van der Waals surface area contributed by atoms with Crippen molar-refractivity contribution in [3.05, 3.63) is 56.1 Å². The Morgan fingerprint density at radius 1 is 1.44 bits per heavy atom. The van der Waals surface area contributed by atoms with Crippen molar-refractivity contribution in [2.45, 2.75) is 0 Å². The number of nitro groups is 1. The SMILES string of the molecule is COc1ccc2c(Cl)c(C(=O)NN=Cc3ccc([N+](=O)[O-])o3)sc2c1. The number of hydrogen-bond acceptors (Lipinski definition) is 7. The summed E-state index contributed by atoms with van der Waals surface area (Å²) < 4.78 is 10.8. The second-order valence-electron chi connectivity index (χ2n) is 4.74. The van der Waals surface area contributed by atoms with Gasteiger partial charge in [-0.15, -0.1) is 11.3 Å². The van der Waals surface area contributed by atoms with Crippen molar-refractivity contribution in [2.75, 3.05) is 7.11 Å². The zero-order valence-electron chi connectivity index (χ0n) is 12.7. The molecule has 10 heteroatoms. The van der Waals surface area contributed by atoms with Gasteiger partial charge in [0.1, 0.15) is 15.5 Å². The Hall–Kier alpha value is -2.91. The molecule has 3 aromatic rings. The number of hydrogen-bond donors (Lipinski definition) is 1. The van der Waals surface area contributed by atoms with Gasteiger partial charge in [0.05, 0.1) is 24.4 Å². The number of methoxy groups -OCH3 is 1. The molecule has 1 N–H and O–H groups in total. The third-order valence-corrected chi connectivity index (χ3v) is 4.85. The van der Waals surface area contributed by atoms with Crippen molar-refractivity contribution in [1.82, 2.24) is 5.43 Å². The van der Waals surface area contributed by atoms with E-state index in [0.29, 0.717) is 15.6 Å². The number of benzene rings is 1. The molecule has 2 heterocycles. The number of ether oxygens (including phenoxy) is 1. The Labute approximate surface area is 149 Å². The Bertz CT molecular complexity index is 994. The molecule has 1 amide bonds. The number of thiophene rings is 1.